The Morgan fingerprint density at radius 3 is 2.15 bits per heavy atom. The molecule has 0 aliphatic carbocycles. The molecule has 6 heteroatoms. The van der Waals surface area contributed by atoms with Gasteiger partial charge in [0.1, 0.15) is 6.04 Å². The van der Waals surface area contributed by atoms with E-state index in [9.17, 15) is 14.4 Å². The van der Waals surface area contributed by atoms with Crippen molar-refractivity contribution >= 4 is 23.4 Å². The first-order valence-corrected chi connectivity index (χ1v) is 11.7. The quantitative estimate of drug-likeness (QED) is 0.555. The van der Waals surface area contributed by atoms with Gasteiger partial charge in [0.2, 0.25) is 17.7 Å². The fourth-order valence-electron chi connectivity index (χ4n) is 4.98. The third-order valence-electron chi connectivity index (χ3n) is 6.72. The molecule has 2 saturated heterocycles. The summed E-state index contributed by atoms with van der Waals surface area (Å²) in [5.41, 5.74) is 2.86. The highest BCUT2D eigenvalue weighted by molar-refractivity contribution is 6.04. The molecule has 3 aromatic carbocycles. The number of nitrogens with zero attached hydrogens (tertiary/aromatic N) is 2. The Labute approximate surface area is 199 Å². The highest BCUT2D eigenvalue weighted by atomic mass is 16.2. The molecule has 3 atom stereocenters. The standard InChI is InChI=1S/C28H27N3O3/c32-25-17-16-24(27(33)29-18-20-10-4-1-5-11-20)30(25)19-23-26(21-12-6-2-7-13-21)31(28(23)34)22-14-8-3-9-15-22/h1-15,23-24,26H,16-19H2,(H,29,33)/t23-,24-,26-/m0/s1. The minimum absolute atomic E-state index is 0.0248. The molecule has 0 saturated carbocycles. The number of carbonyl (C=O) groups is 3. The number of likely N-dealkylation sites (tertiary alicyclic amines) is 1. The van der Waals surface area contributed by atoms with Crippen LogP contribution in [0.5, 0.6) is 0 Å². The van der Waals surface area contributed by atoms with Gasteiger partial charge >= 0.3 is 0 Å². The van der Waals surface area contributed by atoms with Crippen LogP contribution in [-0.2, 0) is 20.9 Å². The molecule has 2 aliphatic rings. The summed E-state index contributed by atoms with van der Waals surface area (Å²) in [6, 6.07) is 28.4. The van der Waals surface area contributed by atoms with Crippen molar-refractivity contribution < 1.29 is 14.4 Å². The normalized spacial score (nSPS) is 21.9. The summed E-state index contributed by atoms with van der Waals surface area (Å²) in [6.07, 6.45) is 0.793. The van der Waals surface area contributed by atoms with E-state index in [0.717, 1.165) is 16.8 Å². The van der Waals surface area contributed by atoms with Crippen molar-refractivity contribution in [2.45, 2.75) is 31.5 Å². The van der Waals surface area contributed by atoms with Crippen molar-refractivity contribution in [2.24, 2.45) is 5.92 Å². The number of hydrogen-bond donors (Lipinski definition) is 1. The lowest BCUT2D eigenvalue weighted by Crippen LogP contribution is -2.60. The zero-order valence-corrected chi connectivity index (χ0v) is 18.8. The third-order valence-corrected chi connectivity index (χ3v) is 6.72. The van der Waals surface area contributed by atoms with Crippen LogP contribution in [0.3, 0.4) is 0 Å². The van der Waals surface area contributed by atoms with Gasteiger partial charge in [0, 0.05) is 25.2 Å². The predicted octanol–water partition coefficient (Wildman–Crippen LogP) is 3.70. The number of para-hydroxylation sites is 1. The summed E-state index contributed by atoms with van der Waals surface area (Å²) >= 11 is 0. The van der Waals surface area contributed by atoms with Crippen LogP contribution in [-0.4, -0.2) is 35.2 Å². The number of hydrogen-bond acceptors (Lipinski definition) is 3. The molecule has 0 radical (unpaired) electrons. The molecule has 3 aromatic rings. The molecule has 0 unspecified atom stereocenters. The molecule has 3 amide bonds. The van der Waals surface area contributed by atoms with Crippen LogP contribution < -0.4 is 10.2 Å². The molecule has 5 rings (SSSR count). The Morgan fingerprint density at radius 2 is 1.47 bits per heavy atom. The second-order valence-corrected chi connectivity index (χ2v) is 8.81. The molecule has 0 bridgehead atoms. The molecule has 172 valence electrons. The summed E-state index contributed by atoms with van der Waals surface area (Å²) < 4.78 is 0. The second-order valence-electron chi connectivity index (χ2n) is 8.81. The number of nitrogens with one attached hydrogen (secondary N) is 1. The van der Waals surface area contributed by atoms with E-state index in [4.69, 9.17) is 0 Å². The molecule has 0 aromatic heterocycles. The van der Waals surface area contributed by atoms with Gasteiger partial charge in [-0.25, -0.2) is 0 Å². The van der Waals surface area contributed by atoms with E-state index in [1.54, 1.807) is 9.80 Å². The van der Waals surface area contributed by atoms with E-state index < -0.39 is 12.0 Å². The first-order valence-electron chi connectivity index (χ1n) is 11.7. The van der Waals surface area contributed by atoms with E-state index >= 15 is 0 Å². The minimum atomic E-state index is -0.550. The Bertz CT molecular complexity index is 1170. The van der Waals surface area contributed by atoms with E-state index in [-0.39, 0.29) is 30.3 Å². The lowest BCUT2D eigenvalue weighted by Gasteiger charge is -2.49. The lowest BCUT2D eigenvalue weighted by atomic mass is 9.81. The summed E-state index contributed by atoms with van der Waals surface area (Å²) in [4.78, 5) is 42.5. The van der Waals surface area contributed by atoms with Crippen molar-refractivity contribution in [3.8, 4) is 0 Å². The average Bonchev–Trinajstić information content (AvgIpc) is 3.25. The van der Waals surface area contributed by atoms with Gasteiger partial charge in [0.15, 0.2) is 0 Å². The Hall–Kier alpha value is -3.93. The van der Waals surface area contributed by atoms with E-state index in [1.165, 1.54) is 0 Å². The van der Waals surface area contributed by atoms with Crippen LogP contribution >= 0.6 is 0 Å². The van der Waals surface area contributed by atoms with Gasteiger partial charge < -0.3 is 15.1 Å². The largest absolute Gasteiger partial charge is 0.350 e. The van der Waals surface area contributed by atoms with Crippen LogP contribution in [0.1, 0.15) is 30.0 Å². The van der Waals surface area contributed by atoms with Crippen LogP contribution in [0, 0.1) is 5.92 Å². The Kier molecular flexibility index (Phi) is 6.12. The van der Waals surface area contributed by atoms with Gasteiger partial charge in [-0.2, -0.15) is 0 Å². The maximum absolute atomic E-state index is 13.3. The van der Waals surface area contributed by atoms with Crippen LogP contribution in [0.2, 0.25) is 0 Å². The molecule has 0 spiro atoms. The van der Waals surface area contributed by atoms with Gasteiger partial charge in [-0.1, -0.05) is 78.9 Å². The van der Waals surface area contributed by atoms with Gasteiger partial charge in [0.05, 0.1) is 12.0 Å². The van der Waals surface area contributed by atoms with Crippen LogP contribution in [0.4, 0.5) is 5.69 Å². The molecule has 34 heavy (non-hydrogen) atoms. The fraction of sp³-hybridized carbons (Fsp3) is 0.250. The van der Waals surface area contributed by atoms with E-state index in [1.807, 2.05) is 91.0 Å². The maximum Gasteiger partial charge on any atom is 0.243 e. The second kappa shape index (κ2) is 9.51. The number of β-lactam (4-membered cyclic amide) rings is 1. The van der Waals surface area contributed by atoms with Gasteiger partial charge in [0.25, 0.3) is 0 Å². The molecule has 6 nitrogen and oxygen atoms in total. The van der Waals surface area contributed by atoms with Gasteiger partial charge in [-0.15, -0.1) is 0 Å². The van der Waals surface area contributed by atoms with E-state index in [2.05, 4.69) is 5.32 Å². The molecule has 2 fully saturated rings. The SMILES string of the molecule is O=C(NCc1ccccc1)[C@@H]1CCC(=O)N1C[C@@H]1C(=O)N(c2ccccc2)[C@H]1c1ccccc1. The van der Waals surface area contributed by atoms with Crippen LogP contribution in [0.25, 0.3) is 0 Å². The van der Waals surface area contributed by atoms with Crippen molar-refractivity contribution in [3.05, 3.63) is 102 Å². The fourth-order valence-corrected chi connectivity index (χ4v) is 4.98. The first kappa shape index (κ1) is 21.9. The molecule has 2 heterocycles. The average molecular weight is 454 g/mol. The highest BCUT2D eigenvalue weighted by Crippen LogP contribution is 2.44. The smallest absolute Gasteiger partial charge is 0.243 e. The lowest BCUT2D eigenvalue weighted by molar-refractivity contribution is -0.140. The minimum Gasteiger partial charge on any atom is -0.350 e. The van der Waals surface area contributed by atoms with E-state index in [0.29, 0.717) is 19.4 Å². The summed E-state index contributed by atoms with van der Waals surface area (Å²) in [5.74, 6) is -0.660. The van der Waals surface area contributed by atoms with Crippen LogP contribution in [0.15, 0.2) is 91.0 Å². The predicted molar refractivity (Wildman–Crippen MR) is 130 cm³/mol. The molecular formula is C28H27N3O3. The van der Waals surface area contributed by atoms with Gasteiger partial charge in [-0.3, -0.25) is 14.4 Å². The Balaban J connectivity index is 1.34. The maximum atomic E-state index is 13.3. The van der Waals surface area contributed by atoms with Crippen molar-refractivity contribution in [3.63, 3.8) is 0 Å². The number of anilines is 1. The summed E-state index contributed by atoms with van der Waals surface area (Å²) in [7, 11) is 0. The first-order chi connectivity index (χ1) is 16.6. The number of carbonyl (C=O) groups excluding carboxylic acids is 3. The zero-order chi connectivity index (χ0) is 23.5. The monoisotopic (exact) mass is 453 g/mol. The number of benzene rings is 3. The van der Waals surface area contributed by atoms with Crippen molar-refractivity contribution in [2.75, 3.05) is 11.4 Å². The van der Waals surface area contributed by atoms with Gasteiger partial charge in [-0.05, 0) is 29.7 Å². The zero-order valence-electron chi connectivity index (χ0n) is 18.8. The third kappa shape index (κ3) is 4.19. The summed E-state index contributed by atoms with van der Waals surface area (Å²) in [6.45, 7) is 0.652. The molecule has 2 aliphatic heterocycles. The Morgan fingerprint density at radius 1 is 0.853 bits per heavy atom. The molecular weight excluding hydrogens is 426 g/mol. The molecule has 1 N–H and O–H groups in total. The number of rotatable bonds is 7. The van der Waals surface area contributed by atoms with Crippen molar-refractivity contribution in [1.29, 1.82) is 0 Å². The summed E-state index contributed by atoms with van der Waals surface area (Å²) in [5, 5.41) is 2.96. The highest BCUT2D eigenvalue weighted by Gasteiger charge is 2.51. The van der Waals surface area contributed by atoms with Crippen molar-refractivity contribution in [1.82, 2.24) is 10.2 Å². The topological polar surface area (TPSA) is 69.7 Å². The number of amides is 3.